The van der Waals surface area contributed by atoms with Gasteiger partial charge in [0, 0.05) is 17.0 Å². The Morgan fingerprint density at radius 3 is 2.54 bits per heavy atom. The van der Waals surface area contributed by atoms with Gasteiger partial charge in [-0.25, -0.2) is 0 Å². The molecule has 0 radical (unpaired) electrons. The molecule has 0 saturated carbocycles. The molecule has 3 amide bonds. The minimum Gasteiger partial charge on any atom is -0.497 e. The minimum atomic E-state index is -0.433. The van der Waals surface area contributed by atoms with Gasteiger partial charge in [0.1, 0.15) is 5.75 Å². The number of methoxy groups -OCH3 is 1. The molecule has 0 aliphatic carbocycles. The third-order valence-corrected chi connectivity index (χ3v) is 4.99. The van der Waals surface area contributed by atoms with Crippen molar-refractivity contribution in [3.63, 3.8) is 0 Å². The number of thioether (sulfide) groups is 1. The van der Waals surface area contributed by atoms with E-state index in [9.17, 15) is 14.4 Å². The van der Waals surface area contributed by atoms with E-state index in [-0.39, 0.29) is 5.91 Å². The fourth-order valence-corrected chi connectivity index (χ4v) is 3.42. The first-order valence-electron chi connectivity index (χ1n) is 8.13. The van der Waals surface area contributed by atoms with Crippen LogP contribution in [0.2, 0.25) is 0 Å². The Morgan fingerprint density at radius 1 is 1.08 bits per heavy atom. The second-order valence-electron chi connectivity index (χ2n) is 5.72. The Labute approximate surface area is 155 Å². The normalized spacial score (nSPS) is 12.5. The van der Waals surface area contributed by atoms with Crippen LogP contribution in [0.4, 0.5) is 5.69 Å². The summed E-state index contributed by atoms with van der Waals surface area (Å²) < 4.78 is 5.12. The number of rotatable bonds is 7. The Bertz CT molecular complexity index is 849. The van der Waals surface area contributed by atoms with Gasteiger partial charge >= 0.3 is 0 Å². The van der Waals surface area contributed by atoms with E-state index >= 15 is 0 Å². The number of anilines is 1. The number of hydrogen-bond acceptors (Lipinski definition) is 5. The van der Waals surface area contributed by atoms with E-state index in [0.29, 0.717) is 23.2 Å². The van der Waals surface area contributed by atoms with Crippen LogP contribution in [-0.2, 0) is 4.79 Å². The summed E-state index contributed by atoms with van der Waals surface area (Å²) in [6, 6.07) is 12.5. The summed E-state index contributed by atoms with van der Waals surface area (Å²) in [6.07, 6.45) is 1.11. The zero-order chi connectivity index (χ0) is 18.5. The van der Waals surface area contributed by atoms with Crippen molar-refractivity contribution in [2.45, 2.75) is 17.7 Å². The standard InChI is InChI=1S/C19H18N2O4S/c1-25-13-5-7-14(8-6-13)26-10-2-3-17(22)20-12-4-9-15-16(11-12)19(24)21-18(15)23/h4-9,11H,2-3,10H2,1H3,(H,20,22)(H,21,23,24). The van der Waals surface area contributed by atoms with E-state index in [1.165, 1.54) is 6.07 Å². The van der Waals surface area contributed by atoms with Gasteiger partial charge in [-0.3, -0.25) is 19.7 Å². The predicted molar refractivity (Wildman–Crippen MR) is 99.8 cm³/mol. The van der Waals surface area contributed by atoms with Gasteiger partial charge in [0.15, 0.2) is 0 Å². The molecule has 0 unspecified atom stereocenters. The number of imide groups is 1. The molecule has 2 aromatic carbocycles. The quantitative estimate of drug-likeness (QED) is 0.444. The molecule has 0 spiro atoms. The Hall–Kier alpha value is -2.80. The molecule has 3 rings (SSSR count). The number of carbonyl (C=O) groups is 3. The average molecular weight is 370 g/mol. The molecule has 0 aromatic heterocycles. The molecule has 2 aromatic rings. The number of carbonyl (C=O) groups excluding carboxylic acids is 3. The van der Waals surface area contributed by atoms with Crippen molar-refractivity contribution in [1.29, 1.82) is 0 Å². The number of hydrogen-bond donors (Lipinski definition) is 2. The highest BCUT2D eigenvalue weighted by Crippen LogP contribution is 2.23. The molecule has 0 saturated heterocycles. The molecule has 7 heteroatoms. The molecule has 0 bridgehead atoms. The van der Waals surface area contributed by atoms with E-state index in [2.05, 4.69) is 10.6 Å². The molecule has 1 heterocycles. The number of nitrogens with one attached hydrogen (secondary N) is 2. The third kappa shape index (κ3) is 4.23. The van der Waals surface area contributed by atoms with Crippen LogP contribution in [0.3, 0.4) is 0 Å². The van der Waals surface area contributed by atoms with Gasteiger partial charge in [0.05, 0.1) is 18.2 Å². The van der Waals surface area contributed by atoms with Crippen LogP contribution in [-0.4, -0.2) is 30.6 Å². The van der Waals surface area contributed by atoms with E-state index < -0.39 is 11.8 Å². The number of fused-ring (bicyclic) bond motifs is 1. The molecule has 0 atom stereocenters. The van der Waals surface area contributed by atoms with Crippen LogP contribution in [0.25, 0.3) is 0 Å². The molecular weight excluding hydrogens is 352 g/mol. The second-order valence-corrected chi connectivity index (χ2v) is 6.89. The maximum Gasteiger partial charge on any atom is 0.259 e. The van der Waals surface area contributed by atoms with Crippen LogP contribution in [0.5, 0.6) is 5.75 Å². The van der Waals surface area contributed by atoms with Crippen LogP contribution in [0.1, 0.15) is 33.6 Å². The van der Waals surface area contributed by atoms with E-state index in [1.807, 2.05) is 24.3 Å². The highest BCUT2D eigenvalue weighted by molar-refractivity contribution is 7.99. The predicted octanol–water partition coefficient (Wildman–Crippen LogP) is 3.09. The highest BCUT2D eigenvalue weighted by atomic mass is 32.2. The zero-order valence-corrected chi connectivity index (χ0v) is 15.0. The van der Waals surface area contributed by atoms with Crippen molar-refractivity contribution < 1.29 is 19.1 Å². The van der Waals surface area contributed by atoms with Crippen LogP contribution in [0, 0.1) is 0 Å². The smallest absolute Gasteiger partial charge is 0.259 e. The summed E-state index contributed by atoms with van der Waals surface area (Å²) in [6.45, 7) is 0. The first-order chi connectivity index (χ1) is 12.6. The Kier molecular flexibility index (Phi) is 5.58. The van der Waals surface area contributed by atoms with Crippen LogP contribution < -0.4 is 15.4 Å². The number of ether oxygens (including phenoxy) is 1. The van der Waals surface area contributed by atoms with Gasteiger partial charge in [-0.2, -0.15) is 0 Å². The SMILES string of the molecule is COc1ccc(SCCCC(=O)Nc2ccc3c(c2)C(=O)NC3=O)cc1. The second kappa shape index (κ2) is 8.05. The van der Waals surface area contributed by atoms with Gasteiger partial charge in [-0.1, -0.05) is 0 Å². The first-order valence-corrected chi connectivity index (χ1v) is 9.12. The topological polar surface area (TPSA) is 84.5 Å². The molecular formula is C19H18N2O4S. The minimum absolute atomic E-state index is 0.120. The van der Waals surface area contributed by atoms with E-state index in [1.54, 1.807) is 31.0 Å². The van der Waals surface area contributed by atoms with Gasteiger partial charge in [0.2, 0.25) is 5.91 Å². The molecule has 2 N–H and O–H groups in total. The lowest BCUT2D eigenvalue weighted by Gasteiger charge is -2.07. The number of benzene rings is 2. The molecule has 1 aliphatic heterocycles. The lowest BCUT2D eigenvalue weighted by Crippen LogP contribution is -2.19. The van der Waals surface area contributed by atoms with Crippen molar-refractivity contribution >= 4 is 35.2 Å². The lowest BCUT2D eigenvalue weighted by molar-refractivity contribution is -0.116. The molecule has 26 heavy (non-hydrogen) atoms. The summed E-state index contributed by atoms with van der Waals surface area (Å²) in [5, 5.41) is 4.99. The van der Waals surface area contributed by atoms with Gasteiger partial charge < -0.3 is 10.1 Å². The zero-order valence-electron chi connectivity index (χ0n) is 14.2. The van der Waals surface area contributed by atoms with Crippen molar-refractivity contribution in [2.75, 3.05) is 18.2 Å². The molecule has 1 aliphatic rings. The Morgan fingerprint density at radius 2 is 1.81 bits per heavy atom. The molecule has 0 fully saturated rings. The summed E-state index contributed by atoms with van der Waals surface area (Å²) in [5.74, 6) is 0.680. The van der Waals surface area contributed by atoms with Gasteiger partial charge in [-0.05, 0) is 54.6 Å². The fourth-order valence-electron chi connectivity index (χ4n) is 2.56. The Balaban J connectivity index is 1.45. The van der Waals surface area contributed by atoms with E-state index in [4.69, 9.17) is 4.74 Å². The maximum atomic E-state index is 12.0. The largest absolute Gasteiger partial charge is 0.497 e. The summed E-state index contributed by atoms with van der Waals surface area (Å²) in [7, 11) is 1.63. The lowest BCUT2D eigenvalue weighted by atomic mass is 10.1. The van der Waals surface area contributed by atoms with Crippen molar-refractivity contribution in [3.05, 3.63) is 53.6 Å². The molecule has 6 nitrogen and oxygen atoms in total. The van der Waals surface area contributed by atoms with Gasteiger partial charge in [-0.15, -0.1) is 11.8 Å². The summed E-state index contributed by atoms with van der Waals surface area (Å²) >= 11 is 1.68. The van der Waals surface area contributed by atoms with E-state index in [0.717, 1.165) is 22.8 Å². The van der Waals surface area contributed by atoms with Crippen LogP contribution >= 0.6 is 11.8 Å². The summed E-state index contributed by atoms with van der Waals surface area (Å²) in [4.78, 5) is 36.3. The fraction of sp³-hybridized carbons (Fsp3) is 0.211. The average Bonchev–Trinajstić information content (AvgIpc) is 2.93. The number of amides is 3. The van der Waals surface area contributed by atoms with Crippen molar-refractivity contribution in [2.24, 2.45) is 0 Å². The monoisotopic (exact) mass is 370 g/mol. The highest BCUT2D eigenvalue weighted by Gasteiger charge is 2.26. The summed E-state index contributed by atoms with van der Waals surface area (Å²) in [5.41, 5.74) is 1.15. The first kappa shape index (κ1) is 18.0. The molecule has 134 valence electrons. The van der Waals surface area contributed by atoms with Gasteiger partial charge in [0.25, 0.3) is 11.8 Å². The van der Waals surface area contributed by atoms with Crippen molar-refractivity contribution in [1.82, 2.24) is 5.32 Å². The van der Waals surface area contributed by atoms with Crippen molar-refractivity contribution in [3.8, 4) is 5.75 Å². The van der Waals surface area contributed by atoms with Crippen LogP contribution in [0.15, 0.2) is 47.4 Å². The third-order valence-electron chi connectivity index (χ3n) is 3.90. The maximum absolute atomic E-state index is 12.0.